The standard InChI is InChI=1S/C14H32N2O2/c1-5-15-9-6-8-14(2)16(11-13-18-4)10-7-12-17-3/h14-15H,5-13H2,1-4H3. The molecule has 1 N–H and O–H groups in total. The van der Waals surface area contributed by atoms with E-state index in [2.05, 4.69) is 24.1 Å². The van der Waals surface area contributed by atoms with E-state index in [1.54, 1.807) is 14.2 Å². The van der Waals surface area contributed by atoms with E-state index in [9.17, 15) is 0 Å². The molecule has 0 fully saturated rings. The Morgan fingerprint density at radius 1 is 1.06 bits per heavy atom. The highest BCUT2D eigenvalue weighted by Gasteiger charge is 2.12. The molecular formula is C14H32N2O2. The lowest BCUT2D eigenvalue weighted by Gasteiger charge is -2.29. The Balaban J connectivity index is 3.84. The second-order valence-corrected chi connectivity index (χ2v) is 4.72. The summed E-state index contributed by atoms with van der Waals surface area (Å²) in [5, 5.41) is 3.37. The molecule has 18 heavy (non-hydrogen) atoms. The monoisotopic (exact) mass is 260 g/mol. The summed E-state index contributed by atoms with van der Waals surface area (Å²) < 4.78 is 10.3. The summed E-state index contributed by atoms with van der Waals surface area (Å²) in [6, 6.07) is 0.621. The molecule has 0 heterocycles. The predicted molar refractivity (Wildman–Crippen MR) is 77.2 cm³/mol. The molecule has 4 nitrogen and oxygen atoms in total. The highest BCUT2D eigenvalue weighted by atomic mass is 16.5. The number of nitrogens with one attached hydrogen (secondary N) is 1. The second kappa shape index (κ2) is 13.3. The summed E-state index contributed by atoms with van der Waals surface area (Å²) in [6.45, 7) is 10.4. The van der Waals surface area contributed by atoms with Crippen LogP contribution in [0.2, 0.25) is 0 Å². The molecule has 0 saturated heterocycles. The lowest BCUT2D eigenvalue weighted by atomic mass is 10.1. The minimum absolute atomic E-state index is 0.621. The lowest BCUT2D eigenvalue weighted by Crippen LogP contribution is -2.37. The van der Waals surface area contributed by atoms with Crippen LogP contribution in [0.3, 0.4) is 0 Å². The van der Waals surface area contributed by atoms with Crippen LogP contribution < -0.4 is 5.32 Å². The summed E-state index contributed by atoms with van der Waals surface area (Å²) in [5.41, 5.74) is 0. The number of hydrogen-bond acceptors (Lipinski definition) is 4. The van der Waals surface area contributed by atoms with E-state index in [1.165, 1.54) is 12.8 Å². The zero-order valence-electron chi connectivity index (χ0n) is 12.7. The normalized spacial score (nSPS) is 13.2. The van der Waals surface area contributed by atoms with E-state index < -0.39 is 0 Å². The molecule has 1 atom stereocenters. The van der Waals surface area contributed by atoms with Crippen molar-refractivity contribution >= 4 is 0 Å². The Kier molecular flexibility index (Phi) is 13.2. The third kappa shape index (κ3) is 9.83. The molecule has 0 aliphatic heterocycles. The highest BCUT2D eigenvalue weighted by Crippen LogP contribution is 2.07. The van der Waals surface area contributed by atoms with Crippen LogP contribution >= 0.6 is 0 Å². The first kappa shape index (κ1) is 17.8. The Bertz CT molecular complexity index is 168. The van der Waals surface area contributed by atoms with Gasteiger partial charge in [0.15, 0.2) is 0 Å². The van der Waals surface area contributed by atoms with Crippen molar-refractivity contribution in [2.45, 2.75) is 39.2 Å². The first-order chi connectivity index (χ1) is 8.76. The van der Waals surface area contributed by atoms with Gasteiger partial charge in [-0.15, -0.1) is 0 Å². The molecule has 0 aromatic heterocycles. The molecule has 1 unspecified atom stereocenters. The zero-order chi connectivity index (χ0) is 13.6. The van der Waals surface area contributed by atoms with E-state index in [0.29, 0.717) is 6.04 Å². The summed E-state index contributed by atoms with van der Waals surface area (Å²) >= 11 is 0. The molecule has 0 spiro atoms. The second-order valence-electron chi connectivity index (χ2n) is 4.72. The van der Waals surface area contributed by atoms with Crippen LogP contribution in [-0.2, 0) is 9.47 Å². The van der Waals surface area contributed by atoms with Crippen LogP contribution in [-0.4, -0.2) is 64.6 Å². The van der Waals surface area contributed by atoms with Crippen molar-refractivity contribution in [3.05, 3.63) is 0 Å². The quantitative estimate of drug-likeness (QED) is 0.512. The zero-order valence-corrected chi connectivity index (χ0v) is 12.7. The van der Waals surface area contributed by atoms with Crippen molar-refractivity contribution in [2.24, 2.45) is 0 Å². The smallest absolute Gasteiger partial charge is 0.0589 e. The summed E-state index contributed by atoms with van der Waals surface area (Å²) in [5.74, 6) is 0. The molecule has 0 radical (unpaired) electrons. The highest BCUT2D eigenvalue weighted by molar-refractivity contribution is 4.68. The molecule has 4 heteroatoms. The van der Waals surface area contributed by atoms with Gasteiger partial charge < -0.3 is 14.8 Å². The van der Waals surface area contributed by atoms with Gasteiger partial charge in [-0.2, -0.15) is 0 Å². The molecule has 0 aliphatic carbocycles. The fourth-order valence-electron chi connectivity index (χ4n) is 2.05. The number of rotatable bonds is 13. The molecule has 0 aliphatic rings. The van der Waals surface area contributed by atoms with Crippen molar-refractivity contribution in [1.29, 1.82) is 0 Å². The Morgan fingerprint density at radius 2 is 1.78 bits per heavy atom. The molecule has 0 rings (SSSR count). The number of ether oxygens (including phenoxy) is 2. The van der Waals surface area contributed by atoms with E-state index in [1.807, 2.05) is 0 Å². The fraction of sp³-hybridized carbons (Fsp3) is 1.00. The maximum atomic E-state index is 5.19. The topological polar surface area (TPSA) is 33.7 Å². The maximum Gasteiger partial charge on any atom is 0.0589 e. The Morgan fingerprint density at radius 3 is 2.39 bits per heavy atom. The van der Waals surface area contributed by atoms with Gasteiger partial charge in [-0.3, -0.25) is 4.90 Å². The number of hydrogen-bond donors (Lipinski definition) is 1. The van der Waals surface area contributed by atoms with Gasteiger partial charge in [-0.1, -0.05) is 6.92 Å². The molecule has 0 bridgehead atoms. The van der Waals surface area contributed by atoms with E-state index in [-0.39, 0.29) is 0 Å². The Hall–Kier alpha value is -0.160. The summed E-state index contributed by atoms with van der Waals surface area (Å²) in [4.78, 5) is 2.51. The van der Waals surface area contributed by atoms with Crippen LogP contribution in [0.5, 0.6) is 0 Å². The van der Waals surface area contributed by atoms with Crippen LogP contribution in [0.25, 0.3) is 0 Å². The van der Waals surface area contributed by atoms with E-state index in [4.69, 9.17) is 9.47 Å². The minimum Gasteiger partial charge on any atom is -0.385 e. The van der Waals surface area contributed by atoms with Gasteiger partial charge in [-0.05, 0) is 39.3 Å². The van der Waals surface area contributed by atoms with Gasteiger partial charge in [-0.25, -0.2) is 0 Å². The molecule has 0 saturated carbocycles. The van der Waals surface area contributed by atoms with Gasteiger partial charge in [0.05, 0.1) is 6.61 Å². The average Bonchev–Trinajstić information content (AvgIpc) is 2.38. The summed E-state index contributed by atoms with van der Waals surface area (Å²) in [6.07, 6.45) is 3.57. The van der Waals surface area contributed by atoms with Crippen LogP contribution in [0.4, 0.5) is 0 Å². The first-order valence-corrected chi connectivity index (χ1v) is 7.18. The van der Waals surface area contributed by atoms with Gasteiger partial charge in [0.1, 0.15) is 0 Å². The maximum absolute atomic E-state index is 5.19. The van der Waals surface area contributed by atoms with Crippen molar-refractivity contribution in [1.82, 2.24) is 10.2 Å². The molecule has 110 valence electrons. The number of methoxy groups -OCH3 is 2. The largest absolute Gasteiger partial charge is 0.385 e. The van der Waals surface area contributed by atoms with Gasteiger partial charge in [0.25, 0.3) is 0 Å². The molecule has 0 aromatic rings. The number of nitrogens with zero attached hydrogens (tertiary/aromatic N) is 1. The van der Waals surface area contributed by atoms with Crippen LogP contribution in [0.15, 0.2) is 0 Å². The fourth-order valence-corrected chi connectivity index (χ4v) is 2.05. The first-order valence-electron chi connectivity index (χ1n) is 7.18. The summed E-state index contributed by atoms with van der Waals surface area (Å²) in [7, 11) is 3.53. The van der Waals surface area contributed by atoms with E-state index in [0.717, 1.165) is 45.8 Å². The van der Waals surface area contributed by atoms with Gasteiger partial charge in [0.2, 0.25) is 0 Å². The van der Waals surface area contributed by atoms with Crippen LogP contribution in [0.1, 0.15) is 33.1 Å². The van der Waals surface area contributed by atoms with Crippen molar-refractivity contribution in [3.63, 3.8) is 0 Å². The van der Waals surface area contributed by atoms with Gasteiger partial charge in [0, 0.05) is 40.0 Å². The van der Waals surface area contributed by atoms with Crippen LogP contribution in [0, 0.1) is 0 Å². The molecular weight excluding hydrogens is 228 g/mol. The molecule has 0 amide bonds. The SMILES string of the molecule is CCNCCCC(C)N(CCCOC)CCOC. The van der Waals surface area contributed by atoms with Crippen molar-refractivity contribution in [2.75, 3.05) is 53.6 Å². The minimum atomic E-state index is 0.621. The van der Waals surface area contributed by atoms with Crippen molar-refractivity contribution in [3.8, 4) is 0 Å². The van der Waals surface area contributed by atoms with E-state index >= 15 is 0 Å². The Labute approximate surface area is 113 Å². The predicted octanol–water partition coefficient (Wildman–Crippen LogP) is 1.75. The molecule has 0 aromatic carbocycles. The lowest BCUT2D eigenvalue weighted by molar-refractivity contribution is 0.107. The van der Waals surface area contributed by atoms with Crippen molar-refractivity contribution < 1.29 is 9.47 Å². The van der Waals surface area contributed by atoms with Gasteiger partial charge >= 0.3 is 0 Å². The third-order valence-electron chi connectivity index (χ3n) is 3.23. The third-order valence-corrected chi connectivity index (χ3v) is 3.23. The average molecular weight is 260 g/mol.